The number of nitrogens with one attached hydrogen (secondary N) is 1. The Hall–Kier alpha value is -4.58. The zero-order valence-electron chi connectivity index (χ0n) is 22.3. The summed E-state index contributed by atoms with van der Waals surface area (Å²) < 4.78 is 13.0. The molecule has 0 aliphatic carbocycles. The number of fused-ring (bicyclic) bond motifs is 1. The highest BCUT2D eigenvalue weighted by atomic mass is 16.5. The van der Waals surface area contributed by atoms with Crippen molar-refractivity contribution in [2.24, 2.45) is 0 Å². The molecule has 0 bridgehead atoms. The number of hydrogen-bond donors (Lipinski definition) is 1. The van der Waals surface area contributed by atoms with Crippen molar-refractivity contribution in [3.8, 4) is 11.5 Å². The zero-order chi connectivity index (χ0) is 27.0. The van der Waals surface area contributed by atoms with Gasteiger partial charge in [-0.1, -0.05) is 48.5 Å². The van der Waals surface area contributed by atoms with Crippen LogP contribution in [0.3, 0.4) is 0 Å². The number of carbonyl (C=O) groups is 1. The minimum Gasteiger partial charge on any atom is -0.497 e. The van der Waals surface area contributed by atoms with Crippen LogP contribution in [0, 0.1) is 0 Å². The Morgan fingerprint density at radius 2 is 1.56 bits per heavy atom. The minimum absolute atomic E-state index is 0.0127. The van der Waals surface area contributed by atoms with Gasteiger partial charge in [-0.15, -0.1) is 0 Å². The van der Waals surface area contributed by atoms with E-state index in [1.807, 2.05) is 42.5 Å². The van der Waals surface area contributed by atoms with Crippen molar-refractivity contribution in [1.82, 2.24) is 14.9 Å². The van der Waals surface area contributed by atoms with E-state index in [4.69, 9.17) is 9.47 Å². The first kappa shape index (κ1) is 26.0. The van der Waals surface area contributed by atoms with E-state index in [9.17, 15) is 4.79 Å². The molecule has 3 aromatic carbocycles. The molecule has 1 amide bonds. The molecule has 0 saturated heterocycles. The van der Waals surface area contributed by atoms with Gasteiger partial charge in [-0.2, -0.15) is 0 Å². The Morgan fingerprint density at radius 1 is 0.872 bits per heavy atom. The maximum absolute atomic E-state index is 13.2. The highest BCUT2D eigenvalue weighted by Gasteiger charge is 2.23. The predicted molar refractivity (Wildman–Crippen MR) is 154 cm³/mol. The molecule has 0 saturated carbocycles. The van der Waals surface area contributed by atoms with E-state index in [1.165, 1.54) is 5.56 Å². The van der Waals surface area contributed by atoms with Gasteiger partial charge in [0.2, 0.25) is 5.91 Å². The van der Waals surface area contributed by atoms with Crippen LogP contribution in [0.15, 0.2) is 103 Å². The van der Waals surface area contributed by atoms with Gasteiger partial charge in [0.25, 0.3) is 0 Å². The molecule has 0 fully saturated rings. The quantitative estimate of drug-likeness (QED) is 0.233. The molecular weight excluding hydrogens is 486 g/mol. The van der Waals surface area contributed by atoms with Gasteiger partial charge in [-0.3, -0.25) is 9.78 Å². The molecule has 0 spiro atoms. The smallest absolute Gasteiger partial charge is 0.220 e. The number of aromatic nitrogens is 2. The normalized spacial score (nSPS) is 11.7. The molecule has 0 unspecified atom stereocenters. The van der Waals surface area contributed by atoms with Gasteiger partial charge >= 0.3 is 0 Å². The van der Waals surface area contributed by atoms with Crippen LogP contribution in [0.25, 0.3) is 10.9 Å². The molecule has 1 N–H and O–H groups in total. The number of benzene rings is 3. The maximum atomic E-state index is 13.2. The summed E-state index contributed by atoms with van der Waals surface area (Å²) >= 11 is 0. The Labute approximate surface area is 229 Å². The minimum atomic E-state index is -0.118. The van der Waals surface area contributed by atoms with Crippen LogP contribution in [0.5, 0.6) is 11.5 Å². The number of nitrogens with zero attached hydrogens (tertiary/aromatic N) is 2. The molecule has 2 aromatic heterocycles. The molecule has 198 valence electrons. The molecule has 1 atom stereocenters. The molecule has 5 aromatic rings. The standard InChI is InChI=1S/C33H33N3O3/c1-38-27-14-10-24(11-15-27)22-36-23-31(29-8-3-4-9-32(29)36)30(25-12-16-28(39-2)17-13-25)21-33(37)35-20-18-26-7-5-6-19-34-26/h3-17,19,23,30H,18,20-22H2,1-2H3,(H,35,37)/t30-/m0/s1. The summed E-state index contributed by atoms with van der Waals surface area (Å²) in [6, 6.07) is 30.4. The van der Waals surface area contributed by atoms with E-state index in [-0.39, 0.29) is 11.8 Å². The Bertz CT molecular complexity index is 1510. The lowest BCUT2D eigenvalue weighted by atomic mass is 9.88. The van der Waals surface area contributed by atoms with Crippen LogP contribution in [-0.4, -0.2) is 36.2 Å². The monoisotopic (exact) mass is 519 g/mol. The fraction of sp³-hybridized carbons (Fsp3) is 0.212. The second-order valence-corrected chi connectivity index (χ2v) is 9.53. The van der Waals surface area contributed by atoms with Crippen molar-refractivity contribution in [3.63, 3.8) is 0 Å². The third kappa shape index (κ3) is 6.29. The number of pyridine rings is 1. The summed E-state index contributed by atoms with van der Waals surface area (Å²) in [5.41, 5.74) is 5.48. The number of carbonyl (C=O) groups excluding carboxylic acids is 1. The molecular formula is C33H33N3O3. The number of amides is 1. The Kier molecular flexibility index (Phi) is 8.22. The second-order valence-electron chi connectivity index (χ2n) is 9.53. The number of hydrogen-bond acceptors (Lipinski definition) is 4. The maximum Gasteiger partial charge on any atom is 0.220 e. The first-order chi connectivity index (χ1) is 19.1. The van der Waals surface area contributed by atoms with Crippen molar-refractivity contribution >= 4 is 16.8 Å². The molecule has 6 nitrogen and oxygen atoms in total. The Balaban J connectivity index is 1.44. The largest absolute Gasteiger partial charge is 0.497 e. The van der Waals surface area contributed by atoms with Crippen molar-refractivity contribution < 1.29 is 14.3 Å². The van der Waals surface area contributed by atoms with Gasteiger partial charge in [0, 0.05) is 60.8 Å². The van der Waals surface area contributed by atoms with Gasteiger partial charge in [0.1, 0.15) is 11.5 Å². The van der Waals surface area contributed by atoms with Crippen LogP contribution in [0.1, 0.15) is 34.7 Å². The zero-order valence-corrected chi connectivity index (χ0v) is 22.3. The van der Waals surface area contributed by atoms with Crippen molar-refractivity contribution in [2.45, 2.75) is 25.3 Å². The van der Waals surface area contributed by atoms with E-state index >= 15 is 0 Å². The summed E-state index contributed by atoms with van der Waals surface area (Å²) in [6.45, 7) is 1.26. The van der Waals surface area contributed by atoms with Crippen molar-refractivity contribution in [2.75, 3.05) is 20.8 Å². The van der Waals surface area contributed by atoms with E-state index < -0.39 is 0 Å². The van der Waals surface area contributed by atoms with Crippen LogP contribution >= 0.6 is 0 Å². The van der Waals surface area contributed by atoms with Crippen LogP contribution in [0.2, 0.25) is 0 Å². The molecule has 39 heavy (non-hydrogen) atoms. The molecule has 2 heterocycles. The van der Waals surface area contributed by atoms with Crippen molar-refractivity contribution in [3.05, 3.63) is 126 Å². The summed E-state index contributed by atoms with van der Waals surface area (Å²) in [5.74, 6) is 1.52. The lowest BCUT2D eigenvalue weighted by molar-refractivity contribution is -0.121. The van der Waals surface area contributed by atoms with Gasteiger partial charge in [-0.25, -0.2) is 0 Å². The number of rotatable bonds is 11. The van der Waals surface area contributed by atoms with Crippen molar-refractivity contribution in [1.29, 1.82) is 0 Å². The Morgan fingerprint density at radius 3 is 2.26 bits per heavy atom. The van der Waals surface area contributed by atoms with Crippen LogP contribution in [-0.2, 0) is 17.8 Å². The molecule has 5 rings (SSSR count). The summed E-state index contributed by atoms with van der Waals surface area (Å²) in [4.78, 5) is 17.6. The predicted octanol–water partition coefficient (Wildman–Crippen LogP) is 5.98. The molecule has 0 aliphatic rings. The first-order valence-corrected chi connectivity index (χ1v) is 13.2. The van der Waals surface area contributed by atoms with Gasteiger partial charge in [-0.05, 0) is 59.2 Å². The molecule has 0 aliphatic heterocycles. The number of methoxy groups -OCH3 is 2. The summed E-state index contributed by atoms with van der Waals surface area (Å²) in [5, 5.41) is 4.25. The number of para-hydroxylation sites is 1. The first-order valence-electron chi connectivity index (χ1n) is 13.2. The second kappa shape index (κ2) is 12.3. The summed E-state index contributed by atoms with van der Waals surface area (Å²) in [6.07, 6.45) is 5.01. The third-order valence-corrected chi connectivity index (χ3v) is 7.04. The average Bonchev–Trinajstić information content (AvgIpc) is 3.35. The summed E-state index contributed by atoms with van der Waals surface area (Å²) in [7, 11) is 3.34. The van der Waals surface area contributed by atoms with E-state index in [2.05, 4.69) is 69.6 Å². The van der Waals surface area contributed by atoms with Crippen LogP contribution < -0.4 is 14.8 Å². The van der Waals surface area contributed by atoms with E-state index in [0.717, 1.165) is 45.8 Å². The van der Waals surface area contributed by atoms with E-state index in [1.54, 1.807) is 20.4 Å². The fourth-order valence-corrected chi connectivity index (χ4v) is 4.99. The van der Waals surface area contributed by atoms with Crippen LogP contribution in [0.4, 0.5) is 0 Å². The SMILES string of the molecule is COc1ccc(Cn2cc([C@@H](CC(=O)NCCc3ccccn3)c3ccc(OC)cc3)c3ccccc32)cc1. The molecule has 0 radical (unpaired) electrons. The molecule has 6 heteroatoms. The fourth-order valence-electron chi connectivity index (χ4n) is 4.99. The topological polar surface area (TPSA) is 65.4 Å². The lowest BCUT2D eigenvalue weighted by Gasteiger charge is -2.18. The highest BCUT2D eigenvalue weighted by molar-refractivity contribution is 5.86. The number of ether oxygens (including phenoxy) is 2. The van der Waals surface area contributed by atoms with Gasteiger partial charge in [0.15, 0.2) is 0 Å². The average molecular weight is 520 g/mol. The third-order valence-electron chi connectivity index (χ3n) is 7.04. The highest BCUT2D eigenvalue weighted by Crippen LogP contribution is 2.36. The van der Waals surface area contributed by atoms with Gasteiger partial charge in [0.05, 0.1) is 14.2 Å². The van der Waals surface area contributed by atoms with Gasteiger partial charge < -0.3 is 19.4 Å². The van der Waals surface area contributed by atoms with E-state index in [0.29, 0.717) is 19.4 Å². The lowest BCUT2D eigenvalue weighted by Crippen LogP contribution is -2.27.